The average molecular weight is 642 g/mol. The van der Waals surface area contributed by atoms with Crippen LogP contribution >= 0.6 is 7.75 Å². The third kappa shape index (κ3) is 7.02. The Morgan fingerprint density at radius 2 is 1.89 bits per heavy atom. The number of aromatic nitrogens is 4. The van der Waals surface area contributed by atoms with Crippen LogP contribution in [0, 0.1) is 12.8 Å². The number of nitrogens with one attached hydrogen (secondary N) is 1. The molecule has 16 heteroatoms. The molecule has 0 amide bonds. The van der Waals surface area contributed by atoms with E-state index in [9.17, 15) is 14.5 Å². The summed E-state index contributed by atoms with van der Waals surface area (Å²) in [5.41, 5.74) is -2.50. The lowest BCUT2D eigenvalue weighted by Crippen LogP contribution is -2.47. The van der Waals surface area contributed by atoms with Crippen molar-refractivity contribution in [2.24, 2.45) is 5.92 Å². The topological polar surface area (TPSA) is 156 Å². The van der Waals surface area contributed by atoms with Crippen molar-refractivity contribution in [1.29, 1.82) is 0 Å². The second-order valence-electron chi connectivity index (χ2n) is 11.1. The number of halogens is 2. The minimum atomic E-state index is -4.58. The second-order valence-corrected chi connectivity index (χ2v) is 12.7. The van der Waals surface area contributed by atoms with Crippen LogP contribution in [0.2, 0.25) is 0 Å². The van der Waals surface area contributed by atoms with Gasteiger partial charge >= 0.3 is 13.7 Å². The van der Waals surface area contributed by atoms with Gasteiger partial charge in [0.2, 0.25) is 5.88 Å². The van der Waals surface area contributed by atoms with Gasteiger partial charge in [0.25, 0.3) is 5.85 Å². The molecule has 1 saturated heterocycles. The highest BCUT2D eigenvalue weighted by Crippen LogP contribution is 2.52. The Hall–Kier alpha value is -3.23. The van der Waals surface area contributed by atoms with E-state index in [1.807, 2.05) is 13.8 Å². The van der Waals surface area contributed by atoms with Crippen molar-refractivity contribution in [2.45, 2.75) is 84.5 Å². The van der Waals surface area contributed by atoms with Gasteiger partial charge in [-0.15, -0.1) is 0 Å². The first-order valence-electron chi connectivity index (χ1n) is 14.2. The van der Waals surface area contributed by atoms with E-state index in [-0.39, 0.29) is 41.1 Å². The Morgan fingerprint density at radius 1 is 1.20 bits per heavy atom. The van der Waals surface area contributed by atoms with Crippen molar-refractivity contribution in [3.63, 3.8) is 0 Å². The number of esters is 1. The fourth-order valence-electron chi connectivity index (χ4n) is 4.36. The maximum atomic E-state index is 16.3. The molecule has 0 aliphatic carbocycles. The van der Waals surface area contributed by atoms with Crippen LogP contribution in [0.4, 0.5) is 8.78 Å². The van der Waals surface area contributed by atoms with Gasteiger partial charge in [0.15, 0.2) is 29.2 Å². The van der Waals surface area contributed by atoms with Crippen LogP contribution in [0.15, 0.2) is 36.7 Å². The number of hydrogen-bond acceptors (Lipinski definition) is 11. The zero-order valence-electron chi connectivity index (χ0n) is 25.6. The van der Waals surface area contributed by atoms with Crippen molar-refractivity contribution in [3.8, 4) is 11.6 Å². The molecule has 0 radical (unpaired) electrons. The van der Waals surface area contributed by atoms with Gasteiger partial charge in [0.1, 0.15) is 30.3 Å². The first-order chi connectivity index (χ1) is 20.6. The summed E-state index contributed by atoms with van der Waals surface area (Å²) >= 11 is 0. The molecule has 1 aliphatic rings. The minimum absolute atomic E-state index is 0.0129. The molecule has 242 valence electrons. The summed E-state index contributed by atoms with van der Waals surface area (Å²) in [6.45, 7) is 10.1. The molecule has 3 aromatic rings. The molecule has 44 heavy (non-hydrogen) atoms. The molecule has 2 N–H and O–H groups in total. The van der Waals surface area contributed by atoms with Crippen LogP contribution in [-0.4, -0.2) is 73.6 Å². The average Bonchev–Trinajstić information content (AvgIpc) is 3.45. The first-order valence-corrected chi connectivity index (χ1v) is 15.7. The molecule has 0 spiro atoms. The summed E-state index contributed by atoms with van der Waals surface area (Å²) in [5.74, 6) is -3.49. The summed E-state index contributed by atoms with van der Waals surface area (Å²) in [5, 5.41) is 13.3. The van der Waals surface area contributed by atoms with E-state index in [2.05, 4.69) is 20.0 Å². The lowest BCUT2D eigenvalue weighted by Gasteiger charge is -2.28. The summed E-state index contributed by atoms with van der Waals surface area (Å²) < 4.78 is 74.7. The number of rotatable bonds is 13. The molecule has 13 nitrogen and oxygen atoms in total. The summed E-state index contributed by atoms with van der Waals surface area (Å²) in [7, 11) is -4.58. The summed E-state index contributed by atoms with van der Waals surface area (Å²) in [6.07, 6.45) is -3.49. The molecule has 3 unspecified atom stereocenters. The summed E-state index contributed by atoms with van der Waals surface area (Å²) in [4.78, 5) is 25.3. The van der Waals surface area contributed by atoms with Crippen LogP contribution < -0.4 is 14.3 Å². The lowest BCUT2D eigenvalue weighted by atomic mass is 9.97. The maximum Gasteiger partial charge on any atom is 0.459 e. The molecule has 1 aromatic carbocycles. The van der Waals surface area contributed by atoms with E-state index in [0.29, 0.717) is 0 Å². The number of carbonyl (C=O) groups excluding carboxylic acids is 1. The molecule has 4 rings (SSSR count). The van der Waals surface area contributed by atoms with E-state index < -0.39 is 56.3 Å². The Labute approximate surface area is 253 Å². The predicted octanol–water partition coefficient (Wildman–Crippen LogP) is 4.59. The molecule has 7 atom stereocenters. The van der Waals surface area contributed by atoms with Crippen molar-refractivity contribution in [1.82, 2.24) is 24.6 Å². The molecule has 0 saturated carbocycles. The third-order valence-electron chi connectivity index (χ3n) is 7.11. The third-order valence-corrected chi connectivity index (χ3v) is 8.74. The number of ether oxygens (including phenoxy) is 3. The normalized spacial score (nSPS) is 26.3. The Bertz CT molecular complexity index is 1510. The summed E-state index contributed by atoms with van der Waals surface area (Å²) in [6, 6.07) is 6.58. The zero-order valence-corrected chi connectivity index (χ0v) is 26.5. The van der Waals surface area contributed by atoms with Crippen molar-refractivity contribution in [3.05, 3.63) is 42.5 Å². The van der Waals surface area contributed by atoms with Crippen LogP contribution in [0.25, 0.3) is 11.2 Å². The Kier molecular flexibility index (Phi) is 9.96. The van der Waals surface area contributed by atoms with Gasteiger partial charge in [-0.3, -0.25) is 13.9 Å². The van der Waals surface area contributed by atoms with Gasteiger partial charge in [-0.1, -0.05) is 32.0 Å². The fraction of sp³-hybridized carbons (Fsp3) is 0.571. The smallest absolute Gasteiger partial charge is 0.459 e. The van der Waals surface area contributed by atoms with Gasteiger partial charge in [-0.25, -0.2) is 23.3 Å². The van der Waals surface area contributed by atoms with Crippen LogP contribution in [0.1, 0.15) is 53.6 Å². The lowest BCUT2D eigenvalue weighted by molar-refractivity contribution is -0.202. The number of alkyl halides is 2. The van der Waals surface area contributed by atoms with E-state index in [1.165, 1.54) is 25.4 Å². The predicted molar refractivity (Wildman–Crippen MR) is 154 cm³/mol. The van der Waals surface area contributed by atoms with Crippen LogP contribution in [-0.2, 0) is 23.4 Å². The highest BCUT2D eigenvalue weighted by atomic mass is 31.2. The fourth-order valence-corrected chi connectivity index (χ4v) is 5.87. The monoisotopic (exact) mass is 641 g/mol. The zero-order chi connectivity index (χ0) is 32.4. The number of imidazole rings is 1. The van der Waals surface area contributed by atoms with Gasteiger partial charge in [0, 0.05) is 0 Å². The van der Waals surface area contributed by atoms with Crippen molar-refractivity contribution >= 4 is 24.9 Å². The van der Waals surface area contributed by atoms with E-state index in [1.54, 1.807) is 39.0 Å². The molecule has 3 heterocycles. The Balaban J connectivity index is 1.60. The van der Waals surface area contributed by atoms with Crippen molar-refractivity contribution < 1.29 is 46.5 Å². The van der Waals surface area contributed by atoms with Crippen LogP contribution in [0.3, 0.4) is 0 Å². The second kappa shape index (κ2) is 13.0. The van der Waals surface area contributed by atoms with E-state index >= 15 is 8.78 Å². The van der Waals surface area contributed by atoms with Gasteiger partial charge in [0.05, 0.1) is 12.9 Å². The molecule has 0 bridgehead atoms. The number of para-hydroxylation sites is 1. The Morgan fingerprint density at radius 3 is 2.52 bits per heavy atom. The van der Waals surface area contributed by atoms with E-state index in [0.717, 1.165) is 11.5 Å². The van der Waals surface area contributed by atoms with E-state index in [4.69, 9.17) is 23.3 Å². The molecular weight excluding hydrogens is 603 g/mol. The van der Waals surface area contributed by atoms with Gasteiger partial charge in [-0.2, -0.15) is 10.1 Å². The quantitative estimate of drug-likeness (QED) is 0.198. The number of carbonyl (C=O) groups is 1. The molecular formula is C28H38F2N5O8P. The minimum Gasteiger partial charge on any atom is -0.476 e. The molecule has 1 aliphatic heterocycles. The number of aliphatic hydroxyl groups is 1. The largest absolute Gasteiger partial charge is 0.476 e. The number of hydrogen-bond donors (Lipinski definition) is 2. The molecule has 1 fully saturated rings. The van der Waals surface area contributed by atoms with Gasteiger partial charge < -0.3 is 23.8 Å². The number of benzene rings is 1. The van der Waals surface area contributed by atoms with Crippen molar-refractivity contribution in [2.75, 3.05) is 13.2 Å². The molecule has 2 aromatic heterocycles. The highest BCUT2D eigenvalue weighted by molar-refractivity contribution is 7.52. The maximum absolute atomic E-state index is 16.3. The first kappa shape index (κ1) is 33.7. The standard InChI is InChI=1S/C28H38F2N5O8P/c1-8-39-23-21-22(32-19(6)33-23)35(15-31-21)26-27(7,29)25(37)28(30,42-26)14-40-44(38,43-20-12-10-9-11-13-20)34-17(4)24(36)41-18(5)16(2)3/h9-13,15-18,25-26,37H,8,14H2,1-7H3,(H,34,38)/t17?,18?,25-,26+,27+,28+,44?/m0/s1. The SMILES string of the molecule is CCOc1nc(C)nc2c1ncn2[C@@H]1O[C@](F)(COP(=O)(NC(C)C(=O)OC(C)C(C)C)Oc2ccccc2)[C@@H](O)[C@@]1(C)F. The highest BCUT2D eigenvalue weighted by Gasteiger charge is 2.65. The number of aliphatic hydroxyl groups excluding tert-OH is 1. The number of fused-ring (bicyclic) bond motifs is 1. The number of aryl methyl sites for hydroxylation is 1. The van der Waals surface area contributed by atoms with Crippen LogP contribution in [0.5, 0.6) is 11.6 Å². The number of nitrogens with zero attached hydrogens (tertiary/aromatic N) is 4. The van der Waals surface area contributed by atoms with Gasteiger partial charge in [-0.05, 0) is 52.7 Å².